The van der Waals surface area contributed by atoms with Crippen molar-refractivity contribution in [2.45, 2.75) is 18.9 Å². The highest BCUT2D eigenvalue weighted by Gasteiger charge is 2.26. The number of aromatic nitrogens is 3. The molecule has 2 aromatic carbocycles. The molecular weight excluding hydrogens is 404 g/mol. The fourth-order valence-corrected chi connectivity index (χ4v) is 4.12. The van der Waals surface area contributed by atoms with Crippen LogP contribution in [0.4, 0.5) is 0 Å². The first kappa shape index (κ1) is 20.1. The van der Waals surface area contributed by atoms with Crippen LogP contribution in [-0.2, 0) is 0 Å². The molecule has 0 radical (unpaired) electrons. The van der Waals surface area contributed by atoms with E-state index in [1.54, 1.807) is 19.4 Å². The number of rotatable bonds is 5. The number of H-pyrrole nitrogens is 1. The van der Waals surface area contributed by atoms with Crippen molar-refractivity contribution in [3.8, 4) is 22.8 Å². The molecule has 1 amide bonds. The average Bonchev–Trinajstić information content (AvgIpc) is 3.34. The van der Waals surface area contributed by atoms with Crippen LogP contribution in [0.1, 0.15) is 23.3 Å². The van der Waals surface area contributed by atoms with Crippen molar-refractivity contribution in [1.82, 2.24) is 20.1 Å². The first-order valence-electron chi connectivity index (χ1n) is 10.7. The molecule has 0 spiro atoms. The van der Waals surface area contributed by atoms with Crippen LogP contribution in [0, 0.1) is 0 Å². The summed E-state index contributed by atoms with van der Waals surface area (Å²) in [5, 5.41) is 8.27. The third kappa shape index (κ3) is 3.89. The molecule has 0 atom stereocenters. The fourth-order valence-electron chi connectivity index (χ4n) is 4.12. The molecule has 162 valence electrons. The lowest BCUT2D eigenvalue weighted by Gasteiger charge is -2.32. The number of hydrogen-bond acceptors (Lipinski definition) is 5. The number of pyridine rings is 1. The number of benzene rings is 2. The number of hydrogen-bond donors (Lipinski definition) is 1. The number of nitrogens with zero attached hydrogens (tertiary/aromatic N) is 3. The van der Waals surface area contributed by atoms with E-state index in [9.17, 15) is 4.79 Å². The zero-order valence-electron chi connectivity index (χ0n) is 17.8. The molecule has 0 aliphatic carbocycles. The Morgan fingerprint density at radius 2 is 1.81 bits per heavy atom. The first-order valence-corrected chi connectivity index (χ1v) is 10.7. The molecule has 1 fully saturated rings. The van der Waals surface area contributed by atoms with Crippen LogP contribution in [0.15, 0.2) is 66.9 Å². The summed E-state index contributed by atoms with van der Waals surface area (Å²) in [7, 11) is 1.62. The van der Waals surface area contributed by atoms with Crippen LogP contribution in [0.5, 0.6) is 11.5 Å². The smallest absolute Gasteiger partial charge is 0.271 e. The van der Waals surface area contributed by atoms with Gasteiger partial charge in [0.15, 0.2) is 0 Å². The number of nitrogens with one attached hydrogen (secondary N) is 1. The summed E-state index contributed by atoms with van der Waals surface area (Å²) in [6.45, 7) is 1.26. The van der Waals surface area contributed by atoms with E-state index < -0.39 is 0 Å². The van der Waals surface area contributed by atoms with Gasteiger partial charge in [0.2, 0.25) is 0 Å². The Labute approximate surface area is 186 Å². The van der Waals surface area contributed by atoms with Gasteiger partial charge in [0.1, 0.15) is 28.8 Å². The molecule has 3 heterocycles. The van der Waals surface area contributed by atoms with Crippen molar-refractivity contribution in [2.75, 3.05) is 20.2 Å². The summed E-state index contributed by atoms with van der Waals surface area (Å²) >= 11 is 0. The van der Waals surface area contributed by atoms with Gasteiger partial charge in [-0.1, -0.05) is 30.3 Å². The van der Waals surface area contributed by atoms with Crippen LogP contribution in [0.3, 0.4) is 0 Å². The fraction of sp³-hybridized carbons (Fsp3) is 0.240. The zero-order chi connectivity index (χ0) is 21.9. The molecule has 7 heteroatoms. The van der Waals surface area contributed by atoms with Gasteiger partial charge in [-0.3, -0.25) is 14.9 Å². The number of carbonyl (C=O) groups is 1. The third-order valence-electron chi connectivity index (χ3n) is 5.81. The molecule has 1 saturated heterocycles. The Bertz CT molecular complexity index is 1240. The second-order valence-electron chi connectivity index (χ2n) is 7.81. The van der Waals surface area contributed by atoms with Crippen molar-refractivity contribution in [1.29, 1.82) is 0 Å². The lowest BCUT2D eigenvalue weighted by molar-refractivity contribution is 0.0592. The number of likely N-dealkylation sites (tertiary alicyclic amines) is 1. The van der Waals surface area contributed by atoms with Gasteiger partial charge < -0.3 is 14.4 Å². The molecule has 4 aromatic rings. The molecular formula is C25H24N4O3. The quantitative estimate of drug-likeness (QED) is 0.512. The minimum Gasteiger partial charge on any atom is -0.496 e. The molecule has 7 nitrogen and oxygen atoms in total. The Kier molecular flexibility index (Phi) is 5.46. The predicted octanol–water partition coefficient (Wildman–Crippen LogP) is 4.32. The van der Waals surface area contributed by atoms with E-state index in [1.165, 1.54) is 0 Å². The van der Waals surface area contributed by atoms with Crippen LogP contribution < -0.4 is 9.47 Å². The van der Waals surface area contributed by atoms with E-state index in [-0.39, 0.29) is 12.0 Å². The molecule has 0 saturated carbocycles. The number of aromatic amines is 1. The van der Waals surface area contributed by atoms with Crippen molar-refractivity contribution >= 4 is 16.8 Å². The number of methoxy groups -OCH3 is 1. The summed E-state index contributed by atoms with van der Waals surface area (Å²) in [6.07, 6.45) is 3.36. The number of fused-ring (bicyclic) bond motifs is 1. The molecule has 1 N–H and O–H groups in total. The lowest BCUT2D eigenvalue weighted by Crippen LogP contribution is -2.42. The van der Waals surface area contributed by atoms with Gasteiger partial charge in [0, 0.05) is 43.1 Å². The summed E-state index contributed by atoms with van der Waals surface area (Å²) < 4.78 is 11.7. The number of para-hydroxylation sites is 2. The minimum absolute atomic E-state index is 0.0519. The molecule has 32 heavy (non-hydrogen) atoms. The summed E-state index contributed by atoms with van der Waals surface area (Å²) in [5.74, 6) is 1.46. The lowest BCUT2D eigenvalue weighted by atomic mass is 10.1. The monoisotopic (exact) mass is 428 g/mol. The molecule has 0 bridgehead atoms. The standard InChI is InChI=1S/C25H24N4O3/c1-31-22-9-3-2-8-19(22)20-16-21(28-27-20)25(30)29-14-11-18(12-15-29)32-23-10-4-6-17-7-5-13-26-24(17)23/h2-10,13,16,18H,11-12,14-15H2,1H3,(H,27,28). The van der Waals surface area contributed by atoms with Crippen LogP contribution in [0.2, 0.25) is 0 Å². The molecule has 2 aromatic heterocycles. The van der Waals surface area contributed by atoms with Crippen molar-refractivity contribution in [2.24, 2.45) is 0 Å². The van der Waals surface area contributed by atoms with E-state index in [4.69, 9.17) is 9.47 Å². The Hall–Kier alpha value is -3.87. The average molecular weight is 428 g/mol. The van der Waals surface area contributed by atoms with Gasteiger partial charge in [-0.25, -0.2) is 0 Å². The largest absolute Gasteiger partial charge is 0.496 e. The third-order valence-corrected chi connectivity index (χ3v) is 5.81. The highest BCUT2D eigenvalue weighted by molar-refractivity contribution is 5.93. The van der Waals surface area contributed by atoms with Crippen molar-refractivity contribution in [3.05, 3.63) is 72.6 Å². The SMILES string of the molecule is COc1ccccc1-c1cc(C(=O)N2CCC(Oc3cccc4cccnc34)CC2)[nH]n1. The van der Waals surface area contributed by atoms with Gasteiger partial charge in [0.05, 0.1) is 12.8 Å². The number of carbonyl (C=O) groups excluding carboxylic acids is 1. The number of ether oxygens (including phenoxy) is 2. The number of piperidine rings is 1. The van der Waals surface area contributed by atoms with E-state index in [1.807, 2.05) is 59.5 Å². The van der Waals surface area contributed by atoms with Gasteiger partial charge >= 0.3 is 0 Å². The zero-order valence-corrected chi connectivity index (χ0v) is 17.8. The van der Waals surface area contributed by atoms with Crippen molar-refractivity contribution in [3.63, 3.8) is 0 Å². The summed E-state index contributed by atoms with van der Waals surface area (Å²) in [5.41, 5.74) is 2.88. The maximum Gasteiger partial charge on any atom is 0.271 e. The van der Waals surface area contributed by atoms with Crippen molar-refractivity contribution < 1.29 is 14.3 Å². The number of amides is 1. The van der Waals surface area contributed by atoms with E-state index in [0.29, 0.717) is 24.5 Å². The van der Waals surface area contributed by atoms with E-state index in [0.717, 1.165) is 40.8 Å². The first-order chi connectivity index (χ1) is 15.7. The van der Waals surface area contributed by atoms with Crippen LogP contribution in [-0.4, -0.2) is 52.3 Å². The molecule has 5 rings (SSSR count). The van der Waals surface area contributed by atoms with E-state index in [2.05, 4.69) is 15.2 Å². The van der Waals surface area contributed by atoms with Gasteiger partial charge in [-0.15, -0.1) is 0 Å². The molecule has 1 aliphatic heterocycles. The second-order valence-corrected chi connectivity index (χ2v) is 7.81. The topological polar surface area (TPSA) is 80.3 Å². The van der Waals surface area contributed by atoms with Crippen LogP contribution >= 0.6 is 0 Å². The maximum absolute atomic E-state index is 13.0. The second kappa shape index (κ2) is 8.70. The summed E-state index contributed by atoms with van der Waals surface area (Å²) in [6, 6.07) is 19.3. The highest BCUT2D eigenvalue weighted by Crippen LogP contribution is 2.29. The molecule has 1 aliphatic rings. The Morgan fingerprint density at radius 1 is 1.03 bits per heavy atom. The van der Waals surface area contributed by atoms with Gasteiger partial charge in [-0.2, -0.15) is 5.10 Å². The van der Waals surface area contributed by atoms with Gasteiger partial charge in [0.25, 0.3) is 5.91 Å². The molecule has 0 unspecified atom stereocenters. The minimum atomic E-state index is -0.0519. The highest BCUT2D eigenvalue weighted by atomic mass is 16.5. The Morgan fingerprint density at radius 3 is 2.66 bits per heavy atom. The predicted molar refractivity (Wildman–Crippen MR) is 122 cm³/mol. The summed E-state index contributed by atoms with van der Waals surface area (Å²) in [4.78, 5) is 19.3. The maximum atomic E-state index is 13.0. The Balaban J connectivity index is 1.24. The normalized spacial score (nSPS) is 14.5. The van der Waals surface area contributed by atoms with Crippen LogP contribution in [0.25, 0.3) is 22.2 Å². The van der Waals surface area contributed by atoms with E-state index >= 15 is 0 Å². The van der Waals surface area contributed by atoms with Gasteiger partial charge in [-0.05, 0) is 30.3 Å².